The number of benzene rings is 1. The van der Waals surface area contributed by atoms with Gasteiger partial charge >= 0.3 is 7.82 Å². The van der Waals surface area contributed by atoms with E-state index in [0.717, 1.165) is 0 Å². The van der Waals surface area contributed by atoms with Crippen LogP contribution in [0.2, 0.25) is 15.1 Å². The van der Waals surface area contributed by atoms with Gasteiger partial charge in [0.05, 0.1) is 28.3 Å². The standard InChI is InChI=1S/C10H11Cl4O4P/c1-2-16-19(15,17-4-3-11)18-10-6-8(13)7(12)5-9(10)14/h5-6H,2-4H2,1H3. The van der Waals surface area contributed by atoms with Gasteiger partial charge < -0.3 is 4.52 Å². The Kier molecular flexibility index (Phi) is 7.26. The average Bonchev–Trinajstić information content (AvgIpc) is 2.34. The van der Waals surface area contributed by atoms with Crippen molar-refractivity contribution in [2.75, 3.05) is 19.1 Å². The molecule has 4 nitrogen and oxygen atoms in total. The van der Waals surface area contributed by atoms with Crippen LogP contribution in [0.4, 0.5) is 0 Å². The molecule has 0 radical (unpaired) electrons. The fraction of sp³-hybridized carbons (Fsp3) is 0.400. The van der Waals surface area contributed by atoms with Gasteiger partial charge in [-0.25, -0.2) is 4.57 Å². The molecule has 1 aromatic rings. The summed E-state index contributed by atoms with van der Waals surface area (Å²) in [6.45, 7) is 1.80. The van der Waals surface area contributed by atoms with Crippen LogP contribution in [0.5, 0.6) is 5.75 Å². The summed E-state index contributed by atoms with van der Waals surface area (Å²) in [6, 6.07) is 2.71. The molecule has 0 spiro atoms. The molecule has 0 fully saturated rings. The van der Waals surface area contributed by atoms with Gasteiger partial charge in [0.25, 0.3) is 0 Å². The summed E-state index contributed by atoms with van der Waals surface area (Å²) in [5.41, 5.74) is 0. The Hall–Kier alpha value is 0.330. The third kappa shape index (κ3) is 5.31. The fourth-order valence-corrected chi connectivity index (χ4v) is 3.11. The van der Waals surface area contributed by atoms with Crippen LogP contribution in [0.25, 0.3) is 0 Å². The van der Waals surface area contributed by atoms with E-state index >= 15 is 0 Å². The lowest BCUT2D eigenvalue weighted by molar-refractivity contribution is 0.168. The molecular formula is C10H11Cl4O4P. The third-order valence-electron chi connectivity index (χ3n) is 1.80. The van der Waals surface area contributed by atoms with E-state index in [1.165, 1.54) is 12.1 Å². The average molecular weight is 368 g/mol. The largest absolute Gasteiger partial charge is 0.530 e. The van der Waals surface area contributed by atoms with Crippen molar-refractivity contribution in [3.05, 3.63) is 27.2 Å². The van der Waals surface area contributed by atoms with Gasteiger partial charge in [0, 0.05) is 11.9 Å². The van der Waals surface area contributed by atoms with Crippen molar-refractivity contribution >= 4 is 54.2 Å². The Labute approximate surface area is 131 Å². The molecule has 0 aliphatic carbocycles. The number of hydrogen-bond donors (Lipinski definition) is 0. The molecule has 0 bridgehead atoms. The molecule has 19 heavy (non-hydrogen) atoms. The minimum atomic E-state index is -3.79. The van der Waals surface area contributed by atoms with Crippen molar-refractivity contribution in [1.29, 1.82) is 0 Å². The maximum absolute atomic E-state index is 12.2. The summed E-state index contributed by atoms with van der Waals surface area (Å²) in [7, 11) is -3.79. The minimum Gasteiger partial charge on any atom is -0.402 e. The quantitative estimate of drug-likeness (QED) is 0.366. The molecule has 9 heteroatoms. The summed E-state index contributed by atoms with van der Waals surface area (Å²) in [5.74, 6) is 0.206. The summed E-state index contributed by atoms with van der Waals surface area (Å²) in [6.07, 6.45) is 0. The molecule has 0 saturated heterocycles. The highest BCUT2D eigenvalue weighted by Crippen LogP contribution is 2.51. The summed E-state index contributed by atoms with van der Waals surface area (Å²) in [5, 5.41) is 0.609. The highest BCUT2D eigenvalue weighted by atomic mass is 35.5. The zero-order valence-electron chi connectivity index (χ0n) is 9.87. The van der Waals surface area contributed by atoms with E-state index in [1.54, 1.807) is 6.92 Å². The molecule has 1 unspecified atom stereocenters. The lowest BCUT2D eigenvalue weighted by Gasteiger charge is -2.18. The predicted octanol–water partition coefficient (Wildman–Crippen LogP) is 5.43. The second-order valence-electron chi connectivity index (χ2n) is 3.18. The van der Waals surface area contributed by atoms with E-state index in [2.05, 4.69) is 0 Å². The third-order valence-corrected chi connectivity index (χ3v) is 4.46. The SMILES string of the molecule is CCOP(=O)(OCCCl)Oc1cc(Cl)c(Cl)cc1Cl. The van der Waals surface area contributed by atoms with E-state index in [9.17, 15) is 4.57 Å². The molecule has 0 saturated carbocycles. The first-order valence-corrected chi connectivity index (χ1v) is 8.34. The van der Waals surface area contributed by atoms with Crippen molar-refractivity contribution < 1.29 is 18.1 Å². The number of rotatable bonds is 7. The molecule has 0 aliphatic heterocycles. The number of hydrogen-bond acceptors (Lipinski definition) is 4. The van der Waals surface area contributed by atoms with Crippen molar-refractivity contribution in [3.8, 4) is 5.75 Å². The Bertz CT molecular complexity index is 483. The monoisotopic (exact) mass is 366 g/mol. The highest BCUT2D eigenvalue weighted by molar-refractivity contribution is 7.48. The van der Waals surface area contributed by atoms with E-state index in [0.29, 0.717) is 0 Å². The molecule has 0 aromatic heterocycles. The van der Waals surface area contributed by atoms with Gasteiger partial charge in [-0.3, -0.25) is 9.05 Å². The van der Waals surface area contributed by atoms with Crippen molar-refractivity contribution in [3.63, 3.8) is 0 Å². The second kappa shape index (κ2) is 7.94. The maximum atomic E-state index is 12.2. The zero-order chi connectivity index (χ0) is 14.5. The first kappa shape index (κ1) is 17.4. The molecule has 0 aliphatic rings. The van der Waals surface area contributed by atoms with Crippen LogP contribution >= 0.6 is 54.2 Å². The highest BCUT2D eigenvalue weighted by Gasteiger charge is 2.29. The molecular weight excluding hydrogens is 357 g/mol. The van der Waals surface area contributed by atoms with Crippen LogP contribution in [0.15, 0.2) is 12.1 Å². The minimum absolute atomic E-state index is 0.0117. The van der Waals surface area contributed by atoms with Gasteiger partial charge in [-0.2, -0.15) is 0 Å². The lowest BCUT2D eigenvalue weighted by Crippen LogP contribution is -2.04. The van der Waals surface area contributed by atoms with Crippen LogP contribution in [0, 0.1) is 0 Å². The molecule has 0 N–H and O–H groups in total. The molecule has 1 aromatic carbocycles. The summed E-state index contributed by atoms with van der Waals surface area (Å²) in [4.78, 5) is 0. The van der Waals surface area contributed by atoms with Gasteiger partial charge in [-0.05, 0) is 13.0 Å². The number of halogens is 4. The van der Waals surface area contributed by atoms with Crippen molar-refractivity contribution in [1.82, 2.24) is 0 Å². The summed E-state index contributed by atoms with van der Waals surface area (Å²) < 4.78 is 27.4. The first-order valence-electron chi connectivity index (χ1n) is 5.21. The smallest absolute Gasteiger partial charge is 0.402 e. The van der Waals surface area contributed by atoms with E-state index in [1.807, 2.05) is 0 Å². The van der Waals surface area contributed by atoms with Crippen LogP contribution in [0.1, 0.15) is 6.92 Å². The van der Waals surface area contributed by atoms with Crippen molar-refractivity contribution in [2.45, 2.75) is 6.92 Å². The first-order chi connectivity index (χ1) is 8.91. The number of alkyl halides is 1. The van der Waals surface area contributed by atoms with E-state index in [-0.39, 0.29) is 39.9 Å². The van der Waals surface area contributed by atoms with Crippen LogP contribution in [0.3, 0.4) is 0 Å². The van der Waals surface area contributed by atoms with Crippen LogP contribution < -0.4 is 4.52 Å². The Morgan fingerprint density at radius 2 is 1.74 bits per heavy atom. The maximum Gasteiger partial charge on any atom is 0.530 e. The number of phosphoric ester groups is 1. The van der Waals surface area contributed by atoms with Gasteiger partial charge in [0.2, 0.25) is 0 Å². The zero-order valence-corrected chi connectivity index (χ0v) is 13.8. The van der Waals surface area contributed by atoms with Gasteiger partial charge in [-0.1, -0.05) is 34.8 Å². The second-order valence-corrected chi connectivity index (χ2v) is 6.37. The topological polar surface area (TPSA) is 44.8 Å². The normalized spacial score (nSPS) is 14.2. The molecule has 1 atom stereocenters. The molecule has 1 rings (SSSR count). The van der Waals surface area contributed by atoms with E-state index in [4.69, 9.17) is 60.0 Å². The Balaban J connectivity index is 2.96. The Morgan fingerprint density at radius 1 is 1.11 bits per heavy atom. The van der Waals surface area contributed by atoms with Crippen LogP contribution in [-0.2, 0) is 13.6 Å². The number of phosphoric acid groups is 1. The molecule has 0 heterocycles. The fourth-order valence-electron chi connectivity index (χ4n) is 1.09. The van der Waals surface area contributed by atoms with Gasteiger partial charge in [0.1, 0.15) is 0 Å². The summed E-state index contributed by atoms with van der Waals surface area (Å²) >= 11 is 23.0. The van der Waals surface area contributed by atoms with Gasteiger partial charge in [0.15, 0.2) is 5.75 Å². The predicted molar refractivity (Wildman–Crippen MR) is 78.0 cm³/mol. The molecule has 108 valence electrons. The Morgan fingerprint density at radius 3 is 2.32 bits per heavy atom. The van der Waals surface area contributed by atoms with E-state index < -0.39 is 7.82 Å². The lowest BCUT2D eigenvalue weighted by atomic mass is 10.3. The van der Waals surface area contributed by atoms with Gasteiger partial charge in [-0.15, -0.1) is 11.6 Å². The van der Waals surface area contributed by atoms with Crippen LogP contribution in [-0.4, -0.2) is 19.1 Å². The molecule has 0 amide bonds. The van der Waals surface area contributed by atoms with Crippen molar-refractivity contribution in [2.24, 2.45) is 0 Å².